The van der Waals surface area contributed by atoms with E-state index in [2.05, 4.69) is 0 Å². The topological polar surface area (TPSA) is 200 Å². The summed E-state index contributed by atoms with van der Waals surface area (Å²) in [5.41, 5.74) is 0. The van der Waals surface area contributed by atoms with Gasteiger partial charge in [-0.3, -0.25) is 0 Å². The van der Waals surface area contributed by atoms with Crippen LogP contribution >= 0.6 is 0 Å². The Morgan fingerprint density at radius 3 is 0.722 bits per heavy atom. The van der Waals surface area contributed by atoms with Crippen molar-refractivity contribution < 1.29 is 41.7 Å². The fraction of sp³-hybridized carbons (Fsp3) is 0. The van der Waals surface area contributed by atoms with E-state index in [1.54, 1.807) is 0 Å². The summed E-state index contributed by atoms with van der Waals surface area (Å²) in [4.78, 5) is 18.8. The third-order valence-electron chi connectivity index (χ3n) is 0.355. The van der Waals surface area contributed by atoms with Crippen LogP contribution in [-0.2, 0) is 9.59 Å². The van der Waals surface area contributed by atoms with E-state index in [4.69, 9.17) is 0 Å². The third kappa shape index (κ3) is 88.8. The van der Waals surface area contributed by atoms with Crippen LogP contribution in [0.2, 0.25) is 0 Å². The van der Waals surface area contributed by atoms with Crippen molar-refractivity contribution in [3.63, 3.8) is 0 Å². The molecular weight excluding hydrogens is 1420 g/mol. The van der Waals surface area contributed by atoms with Crippen LogP contribution in [0.4, 0.5) is 0 Å². The van der Waals surface area contributed by atoms with Gasteiger partial charge in [0.05, 0.1) is 11.9 Å². The van der Waals surface area contributed by atoms with Crippen molar-refractivity contribution in [2.24, 2.45) is 0 Å². The third-order valence-corrected chi connectivity index (χ3v) is 0.355. The molecule has 100 valence electrons. The Bertz CT molecular complexity index is 139. The first-order chi connectivity index (χ1) is 3.63. The molecule has 8 nitrogen and oxygen atoms in total. The molecule has 0 rings (SSSR count). The monoisotopic (exact) mass is 1430 g/mol. The van der Waals surface area contributed by atoms with Gasteiger partial charge in [0, 0.05) is 164 Å². The molecule has 0 aromatic heterocycles. The van der Waals surface area contributed by atoms with E-state index in [9.17, 15) is 19.8 Å². The van der Waals surface area contributed by atoms with Crippen LogP contribution in [-0.4, -0.2) is 198 Å². The van der Waals surface area contributed by atoms with E-state index in [0.29, 0.717) is 12.2 Å². The minimum atomic E-state index is -1.55. The molecule has 0 saturated heterocycles. The number of hydrogen-bond acceptors (Lipinski definition) is 8. The average molecular weight is 1430 g/mol. The Labute approximate surface area is 225 Å². The quantitative estimate of drug-likeness (QED) is 0.192. The molecule has 0 heterocycles. The van der Waals surface area contributed by atoms with E-state index in [-0.39, 0.29) is 186 Å². The van der Waals surface area contributed by atoms with Gasteiger partial charge in [-0.05, 0) is 12.2 Å². The number of hydrogen-bond donors (Lipinski definition) is 0. The second-order valence-electron chi connectivity index (χ2n) is 0.971. The largest absolute Gasteiger partial charge is 0.870 e. The van der Waals surface area contributed by atoms with Crippen LogP contribution in [0.15, 0.2) is 12.2 Å². The Kier molecular flexibility index (Phi) is 259. The minimum Gasteiger partial charge on any atom is -0.870 e. The molecule has 14 heteroatoms. The van der Waals surface area contributed by atoms with Crippen molar-refractivity contribution >= 4 is 176 Å². The number of rotatable bonds is 2. The van der Waals surface area contributed by atoms with Crippen molar-refractivity contribution in [1.29, 1.82) is 0 Å². The zero-order valence-electron chi connectivity index (χ0n) is 8.58. The SMILES string of the molecule is O=C([O-])/C=C\C(=O)[O-].[OH-].[OH-].[OH-].[OH-].[Pb].[Pb].[Pb].[Pb].[Pb].[Pb]. The molecule has 0 fully saturated rings. The number of carbonyl (C=O) groups excluding carboxylic acids is 2. The van der Waals surface area contributed by atoms with Crippen molar-refractivity contribution in [2.45, 2.75) is 0 Å². The molecule has 0 saturated carbocycles. The smallest absolute Gasteiger partial charge is 0.0643 e. The first-order valence-electron chi connectivity index (χ1n) is 1.73. The Balaban J connectivity index is -0.00000000544. The summed E-state index contributed by atoms with van der Waals surface area (Å²) < 4.78 is 0. The van der Waals surface area contributed by atoms with E-state index in [1.165, 1.54) is 0 Å². The van der Waals surface area contributed by atoms with Crippen LogP contribution in [0.25, 0.3) is 0 Å². The number of aliphatic carboxylic acids is 2. The molecule has 0 aliphatic carbocycles. The van der Waals surface area contributed by atoms with Crippen LogP contribution in [0.1, 0.15) is 0 Å². The number of carbonyl (C=O) groups is 2. The second kappa shape index (κ2) is 58.3. The summed E-state index contributed by atoms with van der Waals surface area (Å²) in [6, 6.07) is 0. The van der Waals surface area contributed by atoms with Gasteiger partial charge in [-0.2, -0.15) is 0 Å². The molecule has 0 amide bonds. The van der Waals surface area contributed by atoms with E-state index >= 15 is 0 Å². The van der Waals surface area contributed by atoms with Gasteiger partial charge < -0.3 is 41.7 Å². The molecule has 0 aliphatic heterocycles. The van der Waals surface area contributed by atoms with E-state index in [0.717, 1.165) is 0 Å². The maximum atomic E-state index is 9.41. The zero-order chi connectivity index (χ0) is 6.57. The summed E-state index contributed by atoms with van der Waals surface area (Å²) >= 11 is 0. The maximum absolute atomic E-state index is 9.41. The van der Waals surface area contributed by atoms with E-state index in [1.807, 2.05) is 0 Å². The van der Waals surface area contributed by atoms with Crippen molar-refractivity contribution in [3.8, 4) is 0 Å². The van der Waals surface area contributed by atoms with Crippen LogP contribution in [0, 0.1) is 0 Å². The minimum absolute atomic E-state index is 0. The predicted molar refractivity (Wildman–Crippen MR) is 61.4 cm³/mol. The van der Waals surface area contributed by atoms with Gasteiger partial charge in [0.25, 0.3) is 0 Å². The average Bonchev–Trinajstić information content (AvgIpc) is 1.61. The van der Waals surface area contributed by atoms with Gasteiger partial charge in [0.15, 0.2) is 0 Å². The molecule has 0 aromatic carbocycles. The summed E-state index contributed by atoms with van der Waals surface area (Å²) in [6.45, 7) is 0. The Morgan fingerprint density at radius 2 is 0.667 bits per heavy atom. The summed E-state index contributed by atoms with van der Waals surface area (Å²) in [7, 11) is 0. The normalized spacial score (nSPS) is 4.22. The first-order valence-corrected chi connectivity index (χ1v) is 1.73. The van der Waals surface area contributed by atoms with Gasteiger partial charge in [-0.1, -0.05) is 0 Å². The van der Waals surface area contributed by atoms with Crippen LogP contribution < -0.4 is 10.2 Å². The number of carboxylic acid groups (broad SMARTS) is 2. The van der Waals surface area contributed by atoms with Crippen molar-refractivity contribution in [3.05, 3.63) is 12.2 Å². The second-order valence-corrected chi connectivity index (χ2v) is 0.971. The molecule has 0 aliphatic rings. The molecule has 0 aromatic rings. The van der Waals surface area contributed by atoms with E-state index < -0.39 is 11.9 Å². The fourth-order valence-corrected chi connectivity index (χ4v) is 0.136. The zero-order valence-corrected chi connectivity index (χ0v) is 31.9. The van der Waals surface area contributed by atoms with Gasteiger partial charge in [0.1, 0.15) is 0 Å². The molecule has 4 N–H and O–H groups in total. The molecule has 0 bridgehead atoms. The van der Waals surface area contributed by atoms with Crippen LogP contribution in [0.3, 0.4) is 0 Å². The molecular formula is C4H6O8Pb6-6. The molecule has 18 heavy (non-hydrogen) atoms. The Morgan fingerprint density at radius 1 is 0.556 bits per heavy atom. The molecule has 0 spiro atoms. The van der Waals surface area contributed by atoms with Gasteiger partial charge in [0.2, 0.25) is 0 Å². The van der Waals surface area contributed by atoms with Gasteiger partial charge in [-0.25, -0.2) is 0 Å². The van der Waals surface area contributed by atoms with Crippen LogP contribution in [0.5, 0.6) is 0 Å². The standard InChI is InChI=1S/C4H4O4.4H2O.6Pb/c5-3(6)1-2-4(7)8;;;;;;;;;;/h1-2H,(H,5,6)(H,7,8);4*1H2;;;;;;/p-6/b2-1-;;;;;;;;;;. The molecule has 0 atom stereocenters. The van der Waals surface area contributed by atoms with Gasteiger partial charge in [-0.15, -0.1) is 0 Å². The van der Waals surface area contributed by atoms with Gasteiger partial charge >= 0.3 is 0 Å². The predicted octanol–water partition coefficient (Wildman–Crippen LogP) is -5.95. The van der Waals surface area contributed by atoms with Crippen molar-refractivity contribution in [2.75, 3.05) is 0 Å². The fourth-order valence-electron chi connectivity index (χ4n) is 0.136. The van der Waals surface area contributed by atoms with Crippen molar-refractivity contribution in [1.82, 2.24) is 0 Å². The summed E-state index contributed by atoms with van der Waals surface area (Å²) in [5.74, 6) is -3.09. The summed E-state index contributed by atoms with van der Waals surface area (Å²) in [5, 5.41) is 18.8. The molecule has 0 unspecified atom stereocenters. The summed E-state index contributed by atoms with van der Waals surface area (Å²) in [6.07, 6.45) is 0.769. The number of carboxylic acids is 2. The maximum Gasteiger partial charge on any atom is 0.0643 e. The molecule has 24 radical (unpaired) electrons. The Hall–Kier alpha value is 4.05. The first kappa shape index (κ1) is 80.0.